The summed E-state index contributed by atoms with van der Waals surface area (Å²) in [5, 5.41) is 0. The third-order valence-corrected chi connectivity index (χ3v) is 7.77. The molecule has 0 saturated carbocycles. The minimum absolute atomic E-state index is 0.527. The molecule has 0 fully saturated rings. The maximum absolute atomic E-state index is 4.97. The Morgan fingerprint density at radius 3 is 2.14 bits per heavy atom. The van der Waals surface area contributed by atoms with Crippen molar-refractivity contribution >= 4 is 47.1 Å². The molecular formula is C19H31NSSn. The summed E-state index contributed by atoms with van der Waals surface area (Å²) in [6.07, 6.45) is 11.5. The fraction of sp³-hybridized carbons (Fsp3) is 0.632. The van der Waals surface area contributed by atoms with E-state index in [1.54, 1.807) is 16.7 Å². The van der Waals surface area contributed by atoms with Gasteiger partial charge in [0.1, 0.15) is 0 Å². The van der Waals surface area contributed by atoms with Crippen molar-refractivity contribution in [2.75, 3.05) is 0 Å². The zero-order chi connectivity index (χ0) is 15.9. The third kappa shape index (κ3) is 4.47. The Kier molecular flexibility index (Phi) is 7.69. The molecule has 0 aliphatic heterocycles. The van der Waals surface area contributed by atoms with E-state index in [-0.39, 0.29) is 0 Å². The summed E-state index contributed by atoms with van der Waals surface area (Å²) in [5.41, 5.74) is 6.26. The molecule has 0 spiro atoms. The number of aromatic nitrogens is 1. The predicted octanol–water partition coefficient (Wildman–Crippen LogP) is 4.31. The average molecular weight is 424 g/mol. The van der Waals surface area contributed by atoms with Gasteiger partial charge in [0.2, 0.25) is 0 Å². The number of rotatable bonds is 9. The first-order valence-electron chi connectivity index (χ1n) is 9.11. The normalized spacial score (nSPS) is 11.6. The van der Waals surface area contributed by atoms with Crippen LogP contribution < -0.4 is 3.02 Å². The summed E-state index contributed by atoms with van der Waals surface area (Å²) >= 11 is 2.49. The van der Waals surface area contributed by atoms with Crippen LogP contribution in [0.15, 0.2) is 6.07 Å². The monoisotopic (exact) mass is 425 g/mol. The first-order valence-corrected chi connectivity index (χ1v) is 12.8. The van der Waals surface area contributed by atoms with Crippen molar-refractivity contribution in [3.05, 3.63) is 22.8 Å². The van der Waals surface area contributed by atoms with Gasteiger partial charge in [0.05, 0.1) is 0 Å². The van der Waals surface area contributed by atoms with Gasteiger partial charge in [-0.3, -0.25) is 0 Å². The van der Waals surface area contributed by atoms with E-state index in [1.807, 2.05) is 11.3 Å². The second kappa shape index (κ2) is 9.26. The van der Waals surface area contributed by atoms with E-state index in [9.17, 15) is 0 Å². The standard InChI is InChI=1S/C19H28NS.Sn.3H/c1-4-7-10-15-13-18-19(20-14-21-18)17(12-9-6-3)16(15)11-8-5-2;;;;/h13H,4-12H2,1-3H3;;;;. The second-order valence-electron chi connectivity index (χ2n) is 6.38. The molecular weight excluding hydrogens is 393 g/mol. The summed E-state index contributed by atoms with van der Waals surface area (Å²) in [4.78, 5) is 4.97. The molecule has 0 aliphatic rings. The van der Waals surface area contributed by atoms with E-state index < -0.39 is 0 Å². The van der Waals surface area contributed by atoms with Crippen LogP contribution in [0.25, 0.3) is 10.2 Å². The van der Waals surface area contributed by atoms with Crippen molar-refractivity contribution in [3.63, 3.8) is 0 Å². The Hall–Kier alpha value is -0.0913. The van der Waals surface area contributed by atoms with Gasteiger partial charge in [-0.2, -0.15) is 0 Å². The van der Waals surface area contributed by atoms with Crippen molar-refractivity contribution in [2.45, 2.75) is 78.6 Å². The predicted molar refractivity (Wildman–Crippen MR) is 105 cm³/mol. The van der Waals surface area contributed by atoms with Crippen molar-refractivity contribution in [2.24, 2.45) is 0 Å². The zero-order valence-electron chi connectivity index (χ0n) is 14.8. The summed E-state index contributed by atoms with van der Waals surface area (Å²) in [6.45, 7) is 6.90. The summed E-state index contributed by atoms with van der Waals surface area (Å²) in [7, 11) is 0. The molecule has 0 radical (unpaired) electrons. The minimum atomic E-state index is 0.527. The molecule has 1 aromatic carbocycles. The molecule has 1 nitrogen and oxygen atoms in total. The number of unbranched alkanes of at least 4 members (excludes halogenated alkanes) is 3. The molecule has 2 rings (SSSR count). The second-order valence-corrected chi connectivity index (χ2v) is 12.4. The van der Waals surface area contributed by atoms with Crippen LogP contribution >= 0.6 is 11.3 Å². The van der Waals surface area contributed by atoms with Gasteiger partial charge in [0.25, 0.3) is 0 Å². The molecule has 0 atom stereocenters. The van der Waals surface area contributed by atoms with Gasteiger partial charge in [-0.15, -0.1) is 0 Å². The van der Waals surface area contributed by atoms with E-state index in [2.05, 4.69) is 26.8 Å². The quantitative estimate of drug-likeness (QED) is 0.547. The number of hydrogen-bond donors (Lipinski definition) is 0. The van der Waals surface area contributed by atoms with Crippen LogP contribution in [-0.4, -0.2) is 27.5 Å². The number of hydrogen-bond acceptors (Lipinski definition) is 2. The first kappa shape index (κ1) is 18.3. The molecule has 22 heavy (non-hydrogen) atoms. The van der Waals surface area contributed by atoms with Gasteiger partial charge in [-0.05, 0) is 0 Å². The summed E-state index contributed by atoms with van der Waals surface area (Å²) in [6, 6.07) is 2.49. The number of benzene rings is 1. The van der Waals surface area contributed by atoms with E-state index in [0.717, 1.165) is 0 Å². The fourth-order valence-electron chi connectivity index (χ4n) is 3.22. The van der Waals surface area contributed by atoms with Crippen LogP contribution in [0.5, 0.6) is 0 Å². The Morgan fingerprint density at radius 1 is 0.909 bits per heavy atom. The van der Waals surface area contributed by atoms with Gasteiger partial charge < -0.3 is 0 Å². The van der Waals surface area contributed by atoms with E-state index in [4.69, 9.17) is 4.98 Å². The molecule has 0 aliphatic carbocycles. The Morgan fingerprint density at radius 2 is 1.50 bits per heavy atom. The molecule has 0 bridgehead atoms. The molecule has 3 heteroatoms. The summed E-state index contributed by atoms with van der Waals surface area (Å²) < 4.78 is 2.88. The topological polar surface area (TPSA) is 12.9 Å². The fourth-order valence-corrected chi connectivity index (χ4v) is 6.66. The Bertz CT molecular complexity index is 603. The van der Waals surface area contributed by atoms with Gasteiger partial charge in [0, 0.05) is 0 Å². The molecule has 0 amide bonds. The number of aryl methyl sites for hydroxylation is 2. The Labute approximate surface area is 153 Å². The van der Waals surface area contributed by atoms with Gasteiger partial charge in [-0.1, -0.05) is 0 Å². The van der Waals surface area contributed by atoms with Crippen LogP contribution in [0, 0.1) is 0 Å². The van der Waals surface area contributed by atoms with Crippen molar-refractivity contribution in [1.29, 1.82) is 0 Å². The SMILES string of the molecule is CCCCc1cc2s[c]([SnH3])nc2c(CCCC)c1CCCC. The van der Waals surface area contributed by atoms with Crippen LogP contribution in [0.3, 0.4) is 0 Å². The van der Waals surface area contributed by atoms with Gasteiger partial charge in [-0.25, -0.2) is 0 Å². The van der Waals surface area contributed by atoms with E-state index in [1.165, 1.54) is 71.0 Å². The summed E-state index contributed by atoms with van der Waals surface area (Å²) in [5.74, 6) is 0. The van der Waals surface area contributed by atoms with E-state index >= 15 is 0 Å². The van der Waals surface area contributed by atoms with Crippen LogP contribution in [-0.2, 0) is 19.3 Å². The molecule has 0 N–H and O–H groups in total. The van der Waals surface area contributed by atoms with Crippen molar-refractivity contribution < 1.29 is 0 Å². The van der Waals surface area contributed by atoms with Crippen molar-refractivity contribution in [1.82, 2.24) is 4.98 Å². The van der Waals surface area contributed by atoms with Crippen LogP contribution in [0.4, 0.5) is 0 Å². The molecule has 1 aromatic heterocycles. The number of fused-ring (bicyclic) bond motifs is 1. The molecule has 1 heterocycles. The van der Waals surface area contributed by atoms with Crippen molar-refractivity contribution in [3.8, 4) is 0 Å². The maximum atomic E-state index is 4.97. The zero-order valence-corrected chi connectivity index (χ0v) is 21.3. The molecule has 2 aromatic rings. The number of thiazole rings is 1. The van der Waals surface area contributed by atoms with Gasteiger partial charge >= 0.3 is 153 Å². The Balaban J connectivity index is 2.52. The molecule has 0 saturated heterocycles. The molecule has 0 unspecified atom stereocenters. The van der Waals surface area contributed by atoms with Crippen LogP contribution in [0.1, 0.15) is 76.0 Å². The number of nitrogens with zero attached hydrogens (tertiary/aromatic N) is 1. The van der Waals surface area contributed by atoms with Gasteiger partial charge in [0.15, 0.2) is 0 Å². The average Bonchev–Trinajstić information content (AvgIpc) is 2.88. The molecule has 122 valence electrons. The first-order chi connectivity index (χ1) is 10.7. The van der Waals surface area contributed by atoms with E-state index in [0.29, 0.717) is 22.5 Å². The third-order valence-electron chi connectivity index (χ3n) is 4.46. The van der Waals surface area contributed by atoms with Crippen LogP contribution in [0.2, 0.25) is 0 Å².